The van der Waals surface area contributed by atoms with Crippen LogP contribution in [-0.2, 0) is 60.9 Å². The average Bonchev–Trinajstić information content (AvgIpc) is 3.44. The fraction of sp³-hybridized carbons (Fsp3) is 0.614. The molecule has 2 aromatic carbocycles. The van der Waals surface area contributed by atoms with Gasteiger partial charge in [-0.3, -0.25) is 43.2 Å². The number of carbonyl (C=O) groups is 10. The molecule has 0 spiro atoms. The van der Waals surface area contributed by atoms with Crippen LogP contribution in [0.5, 0.6) is 0 Å². The molecule has 0 unspecified atom stereocenters. The number of alkyl carbamates (subject to hydrolysis) is 1. The average molecular weight is 1150 g/mol. The van der Waals surface area contributed by atoms with E-state index in [4.69, 9.17) is 27.7 Å². The first-order valence-electron chi connectivity index (χ1n) is 28.3. The number of amides is 10. The summed E-state index contributed by atoms with van der Waals surface area (Å²) in [5.41, 5.74) is 24.3. The minimum Gasteiger partial charge on any atom is -0.445 e. The Kier molecular flexibility index (Phi) is 32.6. The molecule has 10 amide bonds. The Balaban J connectivity index is 2.41. The zero-order valence-corrected chi connectivity index (χ0v) is 48.9. The van der Waals surface area contributed by atoms with Gasteiger partial charge in [0.15, 0.2) is 0 Å². The third-order valence-electron chi connectivity index (χ3n) is 13.5. The number of hydrogen-bond donors (Lipinski definition) is 14. The van der Waals surface area contributed by atoms with Gasteiger partial charge >= 0.3 is 6.09 Å². The lowest BCUT2D eigenvalue weighted by Crippen LogP contribution is -2.61. The quantitative estimate of drug-likeness (QED) is 0.0403. The predicted molar refractivity (Wildman–Crippen MR) is 309 cm³/mol. The highest BCUT2D eigenvalue weighted by atomic mass is 16.5. The number of ether oxygens (including phenoxy) is 1. The van der Waals surface area contributed by atoms with E-state index in [0.29, 0.717) is 18.4 Å². The van der Waals surface area contributed by atoms with Gasteiger partial charge in [-0.05, 0) is 99.4 Å². The summed E-state index contributed by atoms with van der Waals surface area (Å²) in [6.07, 6.45) is 0.371. The van der Waals surface area contributed by atoms with Crippen molar-refractivity contribution in [2.24, 2.45) is 46.6 Å². The summed E-state index contributed by atoms with van der Waals surface area (Å²) in [5, 5.41) is 33.5. The highest BCUT2D eigenvalue weighted by molar-refractivity contribution is 5.98. The standard InChI is InChI=1S/C57H93N13O12/c1-9-36(8)47(70-52(76)42(25-28-60)68-57(81)82-32-38-19-14-11-15-20-38)56(80)64-41(24-27-59)50(74)66-44(30-37-17-12-10-13-18-37)54(78)65-43(29-34(4)5)53(77)62-39(21-16-26-58)51(75)69-46(35(6)7)55(79)63-40(23-22-33(2)3)49(73)67-45(31-71)48(61)72/h10-15,17-20,33-36,39-47,71H,9,16,21-32,58-60H2,1-8H3,(H2,61,72)(H,62,77)(H,63,79)(H,64,80)(H,65,78)(H,66,74)(H,67,73)(H,68,81)(H,69,75)(H,70,76)/t36-,39-,40-,41-,42-,43-,44+,45-,46+,47-/m0/s1. The molecule has 0 bridgehead atoms. The number of nitrogens with two attached hydrogens (primary N) is 4. The van der Waals surface area contributed by atoms with Crippen LogP contribution in [0.25, 0.3) is 0 Å². The maximum Gasteiger partial charge on any atom is 0.408 e. The lowest BCUT2D eigenvalue weighted by Gasteiger charge is -2.30. The summed E-state index contributed by atoms with van der Waals surface area (Å²) in [7, 11) is 0. The Morgan fingerprint density at radius 3 is 1.38 bits per heavy atom. The van der Waals surface area contributed by atoms with Gasteiger partial charge in [-0.2, -0.15) is 0 Å². The maximum absolute atomic E-state index is 14.5. The first kappa shape index (κ1) is 70.9. The lowest BCUT2D eigenvalue weighted by atomic mass is 9.97. The fourth-order valence-corrected chi connectivity index (χ4v) is 8.46. The van der Waals surface area contributed by atoms with Crippen molar-refractivity contribution in [3.8, 4) is 0 Å². The Bertz CT molecular complexity index is 2350. The van der Waals surface area contributed by atoms with Crippen molar-refractivity contribution >= 4 is 59.3 Å². The van der Waals surface area contributed by atoms with Gasteiger partial charge in [0.2, 0.25) is 53.2 Å². The van der Waals surface area contributed by atoms with Gasteiger partial charge in [0.05, 0.1) is 6.61 Å². The molecule has 0 radical (unpaired) electrons. The number of primary amides is 1. The molecule has 0 aromatic heterocycles. The lowest BCUT2D eigenvalue weighted by molar-refractivity contribution is -0.136. The minimum atomic E-state index is -1.40. The molecule has 458 valence electrons. The van der Waals surface area contributed by atoms with Crippen molar-refractivity contribution in [1.82, 2.24) is 47.9 Å². The first-order valence-corrected chi connectivity index (χ1v) is 28.3. The molecular weight excluding hydrogens is 1060 g/mol. The molecule has 2 aromatic rings. The van der Waals surface area contributed by atoms with Crippen LogP contribution in [0.3, 0.4) is 0 Å². The summed E-state index contributed by atoms with van der Waals surface area (Å²) in [5.74, 6) is -8.14. The number of rotatable bonds is 38. The topological polar surface area (TPSA) is 413 Å². The Morgan fingerprint density at radius 2 is 0.890 bits per heavy atom. The van der Waals surface area contributed by atoms with E-state index in [1.807, 2.05) is 33.8 Å². The van der Waals surface area contributed by atoms with Gasteiger partial charge in [-0.1, -0.05) is 122 Å². The summed E-state index contributed by atoms with van der Waals surface area (Å²) in [4.78, 5) is 137. The van der Waals surface area contributed by atoms with E-state index >= 15 is 0 Å². The molecule has 10 atom stereocenters. The molecular formula is C57H93N13O12. The number of carbonyl (C=O) groups excluding carboxylic acids is 10. The van der Waals surface area contributed by atoms with E-state index in [2.05, 4.69) is 47.9 Å². The van der Waals surface area contributed by atoms with Gasteiger partial charge in [0.1, 0.15) is 61.0 Å². The second-order valence-corrected chi connectivity index (χ2v) is 21.7. The minimum absolute atomic E-state index is 0.00543. The van der Waals surface area contributed by atoms with Crippen LogP contribution < -0.4 is 70.8 Å². The van der Waals surface area contributed by atoms with Crippen molar-refractivity contribution in [3.05, 3.63) is 71.8 Å². The molecule has 25 nitrogen and oxygen atoms in total. The molecule has 25 heteroatoms. The molecule has 0 aliphatic carbocycles. The number of nitrogens with one attached hydrogen (secondary N) is 9. The molecule has 0 saturated carbocycles. The third kappa shape index (κ3) is 25.7. The monoisotopic (exact) mass is 1150 g/mol. The second kappa shape index (κ2) is 37.7. The SMILES string of the molecule is CC[C@H](C)[C@H](NC(=O)[C@H](CCN)NC(=O)OCc1ccccc1)C(=O)N[C@@H](CCN)C(=O)N[C@H](Cc1ccccc1)C(=O)N[C@@H](CC(C)C)C(=O)N[C@@H](CCCN)C(=O)N[C@@H](C(=O)N[C@@H](CCC(C)C)C(=O)N[C@@H](CO)C(N)=O)C(C)C. The second-order valence-electron chi connectivity index (χ2n) is 21.7. The van der Waals surface area contributed by atoms with Gasteiger partial charge in [-0.25, -0.2) is 4.79 Å². The molecule has 2 rings (SSSR count). The van der Waals surface area contributed by atoms with Crippen LogP contribution in [0.1, 0.15) is 118 Å². The van der Waals surface area contributed by atoms with Crippen molar-refractivity contribution in [2.45, 2.75) is 174 Å². The van der Waals surface area contributed by atoms with Crippen molar-refractivity contribution < 1.29 is 57.8 Å². The van der Waals surface area contributed by atoms with E-state index in [1.165, 1.54) is 0 Å². The molecule has 0 saturated heterocycles. The highest BCUT2D eigenvalue weighted by Crippen LogP contribution is 2.15. The van der Waals surface area contributed by atoms with E-state index in [0.717, 1.165) is 5.56 Å². The number of aliphatic hydroxyl groups excluding tert-OH is 1. The number of aliphatic hydroxyl groups is 1. The zero-order chi connectivity index (χ0) is 61.5. The highest BCUT2D eigenvalue weighted by Gasteiger charge is 2.37. The molecule has 0 aliphatic heterocycles. The first-order chi connectivity index (χ1) is 38.9. The Hall–Kier alpha value is -7.22. The van der Waals surface area contributed by atoms with Gasteiger partial charge in [-0.15, -0.1) is 0 Å². The maximum atomic E-state index is 14.5. The van der Waals surface area contributed by atoms with Crippen LogP contribution in [0.4, 0.5) is 4.79 Å². The van der Waals surface area contributed by atoms with Gasteiger partial charge < -0.3 is 80.6 Å². The van der Waals surface area contributed by atoms with Crippen LogP contribution in [0.2, 0.25) is 0 Å². The van der Waals surface area contributed by atoms with E-state index in [1.54, 1.807) is 82.3 Å². The summed E-state index contributed by atoms with van der Waals surface area (Å²) in [6.45, 7) is 13.6. The normalized spacial score (nSPS) is 14.9. The van der Waals surface area contributed by atoms with Crippen LogP contribution >= 0.6 is 0 Å². The fourth-order valence-electron chi connectivity index (χ4n) is 8.46. The van der Waals surface area contributed by atoms with Gasteiger partial charge in [0.25, 0.3) is 0 Å². The van der Waals surface area contributed by atoms with Crippen molar-refractivity contribution in [2.75, 3.05) is 26.2 Å². The Labute approximate surface area is 482 Å². The zero-order valence-electron chi connectivity index (χ0n) is 48.9. The van der Waals surface area contributed by atoms with Crippen molar-refractivity contribution in [3.63, 3.8) is 0 Å². The van der Waals surface area contributed by atoms with Crippen LogP contribution in [-0.4, -0.2) is 145 Å². The molecule has 0 fully saturated rings. The Morgan fingerprint density at radius 1 is 0.463 bits per heavy atom. The van der Waals surface area contributed by atoms with E-state index in [-0.39, 0.29) is 83.0 Å². The predicted octanol–water partition coefficient (Wildman–Crippen LogP) is -0.499. The van der Waals surface area contributed by atoms with Crippen molar-refractivity contribution in [1.29, 1.82) is 0 Å². The van der Waals surface area contributed by atoms with E-state index in [9.17, 15) is 53.1 Å². The van der Waals surface area contributed by atoms with E-state index < -0.39 is 132 Å². The smallest absolute Gasteiger partial charge is 0.408 e. The molecule has 0 aliphatic rings. The molecule has 82 heavy (non-hydrogen) atoms. The van der Waals surface area contributed by atoms with Crippen LogP contribution in [0.15, 0.2) is 60.7 Å². The molecule has 18 N–H and O–H groups in total. The molecule has 0 heterocycles. The van der Waals surface area contributed by atoms with Crippen LogP contribution in [0, 0.1) is 23.7 Å². The number of hydrogen-bond acceptors (Lipinski definition) is 15. The summed E-state index contributed by atoms with van der Waals surface area (Å²) in [6, 6.07) is 6.23. The summed E-state index contributed by atoms with van der Waals surface area (Å²) >= 11 is 0. The third-order valence-corrected chi connectivity index (χ3v) is 13.5. The summed E-state index contributed by atoms with van der Waals surface area (Å²) < 4.78 is 5.31. The number of benzene rings is 2. The van der Waals surface area contributed by atoms with Gasteiger partial charge in [0, 0.05) is 6.42 Å². The largest absolute Gasteiger partial charge is 0.445 e.